The number of carbonyl (C=O) groups excluding carboxylic acids is 1. The summed E-state index contributed by atoms with van der Waals surface area (Å²) in [6, 6.07) is 12.4. The summed E-state index contributed by atoms with van der Waals surface area (Å²) in [4.78, 5) is 14.7. The average Bonchev–Trinajstić information content (AvgIpc) is 2.79. The number of anilines is 1. The lowest BCUT2D eigenvalue weighted by Gasteiger charge is -2.35. The number of benzene rings is 2. The maximum atomic E-state index is 13.2. The van der Waals surface area contributed by atoms with Gasteiger partial charge in [-0.2, -0.15) is 4.31 Å². The first-order valence-electron chi connectivity index (χ1n) is 10.1. The number of hydrogen-bond donors (Lipinski definition) is 1. The number of rotatable bonds is 8. The van der Waals surface area contributed by atoms with E-state index in [1.807, 2.05) is 24.3 Å². The van der Waals surface area contributed by atoms with E-state index in [9.17, 15) is 13.2 Å². The van der Waals surface area contributed by atoms with Crippen LogP contribution in [0.15, 0.2) is 47.4 Å². The molecule has 0 spiro atoms. The van der Waals surface area contributed by atoms with E-state index in [2.05, 4.69) is 10.2 Å². The van der Waals surface area contributed by atoms with Gasteiger partial charge in [-0.3, -0.25) is 4.79 Å². The highest BCUT2D eigenvalue weighted by Gasteiger charge is 2.29. The molecule has 0 radical (unpaired) electrons. The molecular weight excluding hydrogens is 418 g/mol. The van der Waals surface area contributed by atoms with Gasteiger partial charge in [-0.05, 0) is 48.9 Å². The molecule has 1 amide bonds. The minimum atomic E-state index is -3.69. The first kappa shape index (κ1) is 23.1. The van der Waals surface area contributed by atoms with Crippen molar-refractivity contribution in [1.82, 2.24) is 9.62 Å². The number of ether oxygens (including phenoxy) is 2. The summed E-state index contributed by atoms with van der Waals surface area (Å²) in [5.74, 6) is 0.474. The Morgan fingerprint density at radius 1 is 1.03 bits per heavy atom. The molecule has 2 aromatic carbocycles. The molecule has 8 nitrogen and oxygen atoms in total. The molecule has 1 saturated heterocycles. The van der Waals surface area contributed by atoms with Crippen LogP contribution in [0.3, 0.4) is 0 Å². The molecule has 0 aliphatic carbocycles. The number of aryl methyl sites for hydroxylation is 1. The van der Waals surface area contributed by atoms with Gasteiger partial charge in [0.1, 0.15) is 5.75 Å². The molecule has 9 heteroatoms. The molecule has 1 heterocycles. The third kappa shape index (κ3) is 5.36. The van der Waals surface area contributed by atoms with E-state index in [1.54, 1.807) is 33.3 Å². The van der Waals surface area contributed by atoms with E-state index in [0.29, 0.717) is 44.9 Å². The third-order valence-electron chi connectivity index (χ3n) is 5.36. The van der Waals surface area contributed by atoms with Crippen molar-refractivity contribution < 1.29 is 22.7 Å². The second-order valence-electron chi connectivity index (χ2n) is 7.31. The lowest BCUT2D eigenvalue weighted by atomic mass is 10.1. The van der Waals surface area contributed by atoms with E-state index >= 15 is 0 Å². The fourth-order valence-corrected chi connectivity index (χ4v) is 4.95. The predicted octanol–water partition coefficient (Wildman–Crippen LogP) is 1.89. The van der Waals surface area contributed by atoms with Gasteiger partial charge >= 0.3 is 0 Å². The minimum absolute atomic E-state index is 0.132. The Bertz CT molecular complexity index is 1000. The average molecular weight is 448 g/mol. The van der Waals surface area contributed by atoms with E-state index in [1.165, 1.54) is 10.4 Å². The normalized spacial score (nSPS) is 15.0. The zero-order chi connectivity index (χ0) is 22.4. The number of hydrogen-bond acceptors (Lipinski definition) is 6. The highest BCUT2D eigenvalue weighted by Crippen LogP contribution is 2.24. The molecule has 31 heavy (non-hydrogen) atoms. The van der Waals surface area contributed by atoms with Gasteiger partial charge in [-0.15, -0.1) is 0 Å². The number of sulfonamides is 1. The quantitative estimate of drug-likeness (QED) is 0.622. The van der Waals surface area contributed by atoms with Crippen molar-refractivity contribution >= 4 is 21.6 Å². The van der Waals surface area contributed by atoms with Gasteiger partial charge < -0.3 is 19.7 Å². The topological polar surface area (TPSA) is 88.2 Å². The third-order valence-corrected chi connectivity index (χ3v) is 7.25. The number of carbonyl (C=O) groups is 1. The summed E-state index contributed by atoms with van der Waals surface area (Å²) in [6.07, 6.45) is 0. The lowest BCUT2D eigenvalue weighted by molar-refractivity contribution is 0.0936. The molecule has 1 fully saturated rings. The fraction of sp³-hybridized carbons (Fsp3) is 0.409. The second kappa shape index (κ2) is 10.1. The van der Waals surface area contributed by atoms with Crippen molar-refractivity contribution in [1.29, 1.82) is 0 Å². The second-order valence-corrected chi connectivity index (χ2v) is 9.25. The van der Waals surface area contributed by atoms with Gasteiger partial charge in [0.05, 0.1) is 18.6 Å². The fourth-order valence-electron chi connectivity index (χ4n) is 3.50. The largest absolute Gasteiger partial charge is 0.497 e. The first-order chi connectivity index (χ1) is 14.9. The zero-order valence-electron chi connectivity index (χ0n) is 18.1. The zero-order valence-corrected chi connectivity index (χ0v) is 18.9. The van der Waals surface area contributed by atoms with Crippen molar-refractivity contribution in [2.24, 2.45) is 0 Å². The summed E-state index contributed by atoms with van der Waals surface area (Å²) < 4.78 is 38.0. The monoisotopic (exact) mass is 447 g/mol. The Morgan fingerprint density at radius 2 is 1.71 bits per heavy atom. The summed E-state index contributed by atoms with van der Waals surface area (Å²) in [5, 5.41) is 2.74. The van der Waals surface area contributed by atoms with Crippen LogP contribution in [0.5, 0.6) is 5.75 Å². The Balaban J connectivity index is 1.70. The van der Waals surface area contributed by atoms with E-state index < -0.39 is 10.0 Å². The molecule has 3 rings (SSSR count). The maximum absolute atomic E-state index is 13.2. The molecule has 2 aromatic rings. The van der Waals surface area contributed by atoms with Gasteiger partial charge in [0.25, 0.3) is 5.91 Å². The summed E-state index contributed by atoms with van der Waals surface area (Å²) >= 11 is 0. The highest BCUT2D eigenvalue weighted by molar-refractivity contribution is 7.89. The van der Waals surface area contributed by atoms with E-state index in [4.69, 9.17) is 9.47 Å². The molecule has 0 unspecified atom stereocenters. The van der Waals surface area contributed by atoms with E-state index in [0.717, 1.165) is 17.0 Å². The van der Waals surface area contributed by atoms with E-state index in [-0.39, 0.29) is 10.8 Å². The van der Waals surface area contributed by atoms with Gasteiger partial charge in [-0.1, -0.05) is 6.07 Å². The molecular formula is C22H29N3O5S. The van der Waals surface area contributed by atoms with Gasteiger partial charge in [0.15, 0.2) is 0 Å². The summed E-state index contributed by atoms with van der Waals surface area (Å²) in [5.41, 5.74) is 2.11. The van der Waals surface area contributed by atoms with Crippen molar-refractivity contribution in [3.05, 3.63) is 53.6 Å². The van der Waals surface area contributed by atoms with Crippen LogP contribution < -0.4 is 15.0 Å². The van der Waals surface area contributed by atoms with Crippen LogP contribution >= 0.6 is 0 Å². The molecule has 0 atom stereocenters. The highest BCUT2D eigenvalue weighted by atomic mass is 32.2. The molecule has 1 aliphatic rings. The minimum Gasteiger partial charge on any atom is -0.497 e. The maximum Gasteiger partial charge on any atom is 0.251 e. The van der Waals surface area contributed by atoms with Crippen LogP contribution in [0.25, 0.3) is 0 Å². The van der Waals surface area contributed by atoms with Gasteiger partial charge in [0.2, 0.25) is 10.0 Å². The van der Waals surface area contributed by atoms with Crippen LogP contribution in [-0.2, 0) is 14.8 Å². The number of nitrogens with zero attached hydrogens (tertiary/aromatic N) is 2. The molecule has 1 N–H and O–H groups in total. The van der Waals surface area contributed by atoms with Gasteiger partial charge in [-0.25, -0.2) is 8.42 Å². The van der Waals surface area contributed by atoms with Crippen LogP contribution in [0.1, 0.15) is 15.9 Å². The number of methoxy groups -OCH3 is 2. The SMILES string of the molecule is COCCNC(=O)c1cc(S(=O)(=O)N2CCN(c3ccc(OC)cc3)CC2)ccc1C. The molecule has 168 valence electrons. The Labute approximate surface area is 183 Å². The molecule has 0 aromatic heterocycles. The number of nitrogens with one attached hydrogen (secondary N) is 1. The van der Waals surface area contributed by atoms with Crippen LogP contribution in [0.4, 0.5) is 5.69 Å². The predicted molar refractivity (Wildman–Crippen MR) is 119 cm³/mol. The summed E-state index contributed by atoms with van der Waals surface area (Å²) in [7, 11) is -0.516. The lowest BCUT2D eigenvalue weighted by Crippen LogP contribution is -2.48. The van der Waals surface area contributed by atoms with Crippen molar-refractivity contribution in [3.8, 4) is 5.75 Å². The van der Waals surface area contributed by atoms with Crippen molar-refractivity contribution in [2.45, 2.75) is 11.8 Å². The smallest absolute Gasteiger partial charge is 0.251 e. The van der Waals surface area contributed by atoms with Gasteiger partial charge in [0, 0.05) is 51.1 Å². The Hall–Kier alpha value is -2.62. The van der Waals surface area contributed by atoms with Crippen molar-refractivity contribution in [3.63, 3.8) is 0 Å². The number of amides is 1. The molecule has 0 saturated carbocycles. The van der Waals surface area contributed by atoms with Crippen molar-refractivity contribution in [2.75, 3.05) is 58.5 Å². The van der Waals surface area contributed by atoms with Crippen LogP contribution in [0.2, 0.25) is 0 Å². The summed E-state index contributed by atoms with van der Waals surface area (Å²) in [6.45, 7) is 4.45. The first-order valence-corrected chi connectivity index (χ1v) is 11.6. The molecule has 0 bridgehead atoms. The Morgan fingerprint density at radius 3 is 2.32 bits per heavy atom. The number of piperazine rings is 1. The molecule has 1 aliphatic heterocycles. The standard InChI is InChI=1S/C22H29N3O5S/c1-17-4-9-20(16-21(17)22(26)23-10-15-29-2)31(27,28)25-13-11-24(12-14-25)18-5-7-19(30-3)8-6-18/h4-9,16H,10-15H2,1-3H3,(H,23,26). The van der Waals surface area contributed by atoms with Crippen LogP contribution in [0, 0.1) is 6.92 Å². The van der Waals surface area contributed by atoms with Crippen LogP contribution in [-0.4, -0.2) is 72.2 Å². The Kier molecular flexibility index (Phi) is 7.53.